The van der Waals surface area contributed by atoms with E-state index in [0.717, 1.165) is 54.7 Å². The third-order valence-corrected chi connectivity index (χ3v) is 11.5. The summed E-state index contributed by atoms with van der Waals surface area (Å²) < 4.78 is 36.5. The number of nitrogens with zero attached hydrogens (tertiary/aromatic N) is 6. The zero-order valence-electron chi connectivity index (χ0n) is 28.7. The Hall–Kier alpha value is -4.58. The lowest BCUT2D eigenvalue weighted by Gasteiger charge is -2.49. The number of rotatable bonds is 5. The van der Waals surface area contributed by atoms with Crippen molar-refractivity contribution in [3.05, 3.63) is 83.3 Å². The van der Waals surface area contributed by atoms with Crippen molar-refractivity contribution in [2.45, 2.75) is 83.8 Å². The molecule has 4 aromatic rings. The highest BCUT2D eigenvalue weighted by atomic mass is 32.2. The van der Waals surface area contributed by atoms with E-state index in [9.17, 15) is 13.2 Å². The van der Waals surface area contributed by atoms with Gasteiger partial charge in [0, 0.05) is 29.8 Å². The molecule has 2 aromatic heterocycles. The van der Waals surface area contributed by atoms with E-state index < -0.39 is 10.0 Å². The lowest BCUT2D eigenvalue weighted by atomic mass is 9.62. The molecule has 49 heavy (non-hydrogen) atoms. The fourth-order valence-corrected chi connectivity index (χ4v) is 8.70. The zero-order chi connectivity index (χ0) is 34.5. The second-order valence-electron chi connectivity index (χ2n) is 14.5. The van der Waals surface area contributed by atoms with Crippen LogP contribution in [0.5, 0.6) is 5.88 Å². The molecule has 0 spiro atoms. The predicted octanol–water partition coefficient (Wildman–Crippen LogP) is 6.18. The van der Waals surface area contributed by atoms with Gasteiger partial charge in [0.05, 0.1) is 41.3 Å². The Morgan fingerprint density at radius 3 is 2.47 bits per heavy atom. The van der Waals surface area contributed by atoms with Crippen LogP contribution in [0.25, 0.3) is 11.3 Å². The number of carbonyl (C=O) groups is 1. The molecule has 1 saturated heterocycles. The molecule has 12 heteroatoms. The summed E-state index contributed by atoms with van der Waals surface area (Å²) in [5.41, 5.74) is 4.43. The Labute approximate surface area is 288 Å². The second kappa shape index (κ2) is 12.7. The molecule has 2 aromatic carbocycles. The minimum absolute atomic E-state index is 0.0628. The molecule has 0 unspecified atom stereocenters. The molecule has 1 N–H and O–H groups in total. The summed E-state index contributed by atoms with van der Waals surface area (Å²) in [5.74, 6) is 0.753. The van der Waals surface area contributed by atoms with Crippen LogP contribution in [-0.4, -0.2) is 64.4 Å². The highest BCUT2D eigenvalue weighted by Gasteiger charge is 2.44. The summed E-state index contributed by atoms with van der Waals surface area (Å²) in [6, 6.07) is 13.8. The maximum atomic E-state index is 14.6. The molecule has 2 fully saturated rings. The monoisotopic (exact) mass is 681 g/mol. The van der Waals surface area contributed by atoms with Gasteiger partial charge in [-0.05, 0) is 87.1 Å². The van der Waals surface area contributed by atoms with Crippen LogP contribution in [0.1, 0.15) is 73.6 Å². The number of nitrogens with one attached hydrogen (secondary N) is 1. The molecule has 11 nitrogen and oxygen atoms in total. The second-order valence-corrected chi connectivity index (χ2v) is 16.2. The first-order valence-electron chi connectivity index (χ1n) is 17.0. The van der Waals surface area contributed by atoms with E-state index in [4.69, 9.17) is 9.72 Å². The molecule has 4 bridgehead atoms. The molecule has 1 saturated carbocycles. The van der Waals surface area contributed by atoms with E-state index in [-0.39, 0.29) is 58.7 Å². The standard InChI is InChI=1S/C37H43N7O4S/c1-23-9-6-10-24(2)34(23)30-16-33-41-36(40-30)42-49(46,47)29-13-7-12-26(15-29)35(45)44(31(22-48-33)27-17-37(4,5)18-27)21-28-19-38-20-32(39-28)43-14-8-11-25(43)3/h6-7,9-10,12-13,15-16,19-20,25,27,31H,8,11,14,17-18,21-22H2,1-5H3,(H,40,41,42)/t25-,31-/m1/s1. The van der Waals surface area contributed by atoms with Gasteiger partial charge in [-0.15, -0.1) is 0 Å². The van der Waals surface area contributed by atoms with Gasteiger partial charge in [0.2, 0.25) is 11.8 Å². The topological polar surface area (TPSA) is 131 Å². The molecule has 3 aliphatic rings. The van der Waals surface area contributed by atoms with E-state index in [1.54, 1.807) is 35.5 Å². The Morgan fingerprint density at radius 2 is 1.76 bits per heavy atom. The number of amides is 1. The summed E-state index contributed by atoms with van der Waals surface area (Å²) in [4.78, 5) is 37.3. The van der Waals surface area contributed by atoms with Gasteiger partial charge in [0.1, 0.15) is 12.4 Å². The minimum Gasteiger partial charge on any atom is -0.475 e. The normalized spacial score (nSPS) is 21.9. The summed E-state index contributed by atoms with van der Waals surface area (Å²) >= 11 is 0. The van der Waals surface area contributed by atoms with Crippen molar-refractivity contribution in [3.63, 3.8) is 0 Å². The van der Waals surface area contributed by atoms with Crippen molar-refractivity contribution in [3.8, 4) is 17.1 Å². The first-order chi connectivity index (χ1) is 23.4. The minimum atomic E-state index is -4.17. The van der Waals surface area contributed by atoms with Crippen molar-refractivity contribution in [2.24, 2.45) is 11.3 Å². The van der Waals surface area contributed by atoms with E-state index in [2.05, 4.69) is 45.3 Å². The number of anilines is 2. The van der Waals surface area contributed by atoms with Crippen LogP contribution in [0, 0.1) is 25.2 Å². The number of aryl methyl sites for hydroxylation is 2. The summed E-state index contributed by atoms with van der Waals surface area (Å²) in [6.45, 7) is 11.9. The third kappa shape index (κ3) is 6.70. The summed E-state index contributed by atoms with van der Waals surface area (Å²) in [7, 11) is -4.17. The lowest BCUT2D eigenvalue weighted by molar-refractivity contribution is -0.00721. The smallest absolute Gasteiger partial charge is 0.264 e. The Bertz CT molecular complexity index is 1990. The average molecular weight is 682 g/mol. The van der Waals surface area contributed by atoms with Crippen molar-refractivity contribution in [2.75, 3.05) is 22.8 Å². The first-order valence-corrected chi connectivity index (χ1v) is 18.5. The molecule has 1 amide bonds. The van der Waals surface area contributed by atoms with Crippen LogP contribution in [0.2, 0.25) is 0 Å². The van der Waals surface area contributed by atoms with Gasteiger partial charge in [-0.1, -0.05) is 38.1 Å². The van der Waals surface area contributed by atoms with Gasteiger partial charge in [0.15, 0.2) is 0 Å². The van der Waals surface area contributed by atoms with Gasteiger partial charge in [-0.2, -0.15) is 4.98 Å². The predicted molar refractivity (Wildman–Crippen MR) is 188 cm³/mol. The molecule has 1 aliphatic carbocycles. The fourth-order valence-electron chi connectivity index (χ4n) is 7.71. The molecule has 2 aliphatic heterocycles. The highest BCUT2D eigenvalue weighted by Crippen LogP contribution is 2.48. The van der Waals surface area contributed by atoms with Crippen LogP contribution < -0.4 is 14.4 Å². The van der Waals surface area contributed by atoms with Gasteiger partial charge in [-0.3, -0.25) is 9.78 Å². The number of aromatic nitrogens is 4. The summed E-state index contributed by atoms with van der Waals surface area (Å²) in [6.07, 6.45) is 7.49. The van der Waals surface area contributed by atoms with Gasteiger partial charge in [-0.25, -0.2) is 23.1 Å². The zero-order valence-corrected chi connectivity index (χ0v) is 29.5. The van der Waals surface area contributed by atoms with Crippen molar-refractivity contribution >= 4 is 27.7 Å². The number of benzene rings is 2. The number of sulfonamides is 1. The Morgan fingerprint density at radius 1 is 1.00 bits per heavy atom. The number of hydrogen-bond donors (Lipinski definition) is 1. The lowest BCUT2D eigenvalue weighted by Crippen LogP contribution is -2.53. The Kier molecular flexibility index (Phi) is 8.54. The SMILES string of the molecule is Cc1cccc(C)c1-c1cc2nc(n1)NS(=O)(=O)c1cccc(c1)C(=O)N(Cc1cncc(N3CCC[C@H]3C)n1)[C@@H](C1CC(C)(C)C1)CO2. The molecular formula is C37H43N7O4S. The Balaban J connectivity index is 1.34. The molecule has 256 valence electrons. The number of ether oxygens (including phenoxy) is 1. The van der Waals surface area contributed by atoms with E-state index in [1.165, 1.54) is 12.1 Å². The van der Waals surface area contributed by atoms with Crippen LogP contribution in [-0.2, 0) is 16.6 Å². The molecule has 7 rings (SSSR count). The number of fused-ring (bicyclic) bond motifs is 4. The van der Waals surface area contributed by atoms with Crippen LogP contribution in [0.15, 0.2) is 65.8 Å². The van der Waals surface area contributed by atoms with E-state index >= 15 is 0 Å². The molecule has 2 atom stereocenters. The number of carbonyl (C=O) groups excluding carboxylic acids is 1. The van der Waals surface area contributed by atoms with Crippen molar-refractivity contribution in [1.29, 1.82) is 0 Å². The maximum Gasteiger partial charge on any atom is 0.264 e. The van der Waals surface area contributed by atoms with Crippen LogP contribution >= 0.6 is 0 Å². The molecular weight excluding hydrogens is 639 g/mol. The largest absolute Gasteiger partial charge is 0.475 e. The quantitative estimate of drug-likeness (QED) is 0.262. The first kappa shape index (κ1) is 32.9. The number of hydrogen-bond acceptors (Lipinski definition) is 9. The highest BCUT2D eigenvalue weighted by molar-refractivity contribution is 7.92. The molecule has 4 heterocycles. The van der Waals surface area contributed by atoms with Crippen LogP contribution in [0.3, 0.4) is 0 Å². The van der Waals surface area contributed by atoms with Gasteiger partial charge >= 0.3 is 0 Å². The van der Waals surface area contributed by atoms with Crippen molar-refractivity contribution in [1.82, 2.24) is 24.8 Å². The van der Waals surface area contributed by atoms with E-state index in [0.29, 0.717) is 17.4 Å². The summed E-state index contributed by atoms with van der Waals surface area (Å²) in [5, 5.41) is 0. The fraction of sp³-hybridized carbons (Fsp3) is 0.432. The third-order valence-electron chi connectivity index (χ3n) is 10.1. The average Bonchev–Trinajstić information content (AvgIpc) is 3.48. The van der Waals surface area contributed by atoms with Crippen molar-refractivity contribution < 1.29 is 17.9 Å². The molecule has 0 radical (unpaired) electrons. The van der Waals surface area contributed by atoms with Gasteiger partial charge < -0.3 is 14.5 Å². The van der Waals surface area contributed by atoms with Gasteiger partial charge in [0.25, 0.3) is 15.9 Å². The maximum absolute atomic E-state index is 14.6. The van der Waals surface area contributed by atoms with E-state index in [1.807, 2.05) is 32.0 Å². The van der Waals surface area contributed by atoms with Crippen LogP contribution in [0.4, 0.5) is 11.8 Å².